The predicted molar refractivity (Wildman–Crippen MR) is 46.0 cm³/mol. The van der Waals surface area contributed by atoms with Crippen LogP contribution in [-0.4, -0.2) is 47.8 Å². The van der Waals surface area contributed by atoms with Crippen LogP contribution in [0.1, 0.15) is 13.3 Å². The molecule has 2 N–H and O–H groups in total. The van der Waals surface area contributed by atoms with Crippen molar-refractivity contribution in [3.63, 3.8) is 0 Å². The Hall–Kier alpha value is -0.610. The largest absolute Gasteiger partial charge is 0.479 e. The normalized spacial score (nSPS) is 16.1. The number of carboxylic acid groups (broad SMARTS) is 1. The number of rotatable bonds is 5. The molecule has 0 rings (SSSR count). The van der Waals surface area contributed by atoms with Gasteiger partial charge in [0.1, 0.15) is 0 Å². The Morgan fingerprint density at radius 3 is 2.33 bits per heavy atom. The van der Waals surface area contributed by atoms with Crippen LogP contribution < -0.4 is 0 Å². The van der Waals surface area contributed by atoms with Crippen molar-refractivity contribution in [2.45, 2.75) is 19.4 Å². The summed E-state index contributed by atoms with van der Waals surface area (Å²) in [5.74, 6) is -1.33. The smallest absolute Gasteiger partial charge is 0.332 e. The summed E-state index contributed by atoms with van der Waals surface area (Å²) in [7, 11) is 3.83. The van der Waals surface area contributed by atoms with Gasteiger partial charge in [-0.25, -0.2) is 4.79 Å². The zero-order valence-corrected chi connectivity index (χ0v) is 7.82. The first-order valence-corrected chi connectivity index (χ1v) is 4.00. The molecular weight excluding hydrogens is 158 g/mol. The third-order valence-electron chi connectivity index (χ3n) is 1.82. The molecule has 0 bridgehead atoms. The second kappa shape index (κ2) is 5.11. The van der Waals surface area contributed by atoms with Crippen LogP contribution in [0.5, 0.6) is 0 Å². The summed E-state index contributed by atoms with van der Waals surface area (Å²) in [6, 6.07) is 0. The molecular formula is C8H17NO3. The molecule has 0 spiro atoms. The van der Waals surface area contributed by atoms with Gasteiger partial charge in [-0.2, -0.15) is 0 Å². The van der Waals surface area contributed by atoms with Gasteiger partial charge in [-0.1, -0.05) is 6.92 Å². The monoisotopic (exact) mass is 175 g/mol. The molecule has 0 aromatic rings. The highest BCUT2D eigenvalue weighted by Crippen LogP contribution is 2.08. The molecule has 0 fully saturated rings. The van der Waals surface area contributed by atoms with Crippen LogP contribution in [0.3, 0.4) is 0 Å². The molecule has 0 heterocycles. The van der Waals surface area contributed by atoms with Crippen molar-refractivity contribution in [1.82, 2.24) is 4.90 Å². The minimum Gasteiger partial charge on any atom is -0.479 e. The number of carbonyl (C=O) groups is 1. The maximum atomic E-state index is 10.3. The Labute approximate surface area is 72.8 Å². The molecule has 0 aromatic heterocycles. The molecule has 72 valence electrons. The maximum Gasteiger partial charge on any atom is 0.332 e. The summed E-state index contributed by atoms with van der Waals surface area (Å²) in [5, 5.41) is 17.5. The van der Waals surface area contributed by atoms with Gasteiger partial charge in [-0.3, -0.25) is 0 Å². The summed E-state index contributed by atoms with van der Waals surface area (Å²) >= 11 is 0. The molecule has 2 unspecified atom stereocenters. The van der Waals surface area contributed by atoms with Crippen molar-refractivity contribution < 1.29 is 15.0 Å². The number of carboxylic acids is 1. The summed E-state index contributed by atoms with van der Waals surface area (Å²) in [6.45, 7) is 2.54. The van der Waals surface area contributed by atoms with E-state index in [1.54, 1.807) is 6.92 Å². The van der Waals surface area contributed by atoms with E-state index < -0.39 is 12.1 Å². The minimum absolute atomic E-state index is 0.190. The number of aliphatic hydroxyl groups is 1. The van der Waals surface area contributed by atoms with Crippen LogP contribution in [0.15, 0.2) is 0 Å². The number of nitrogens with zero attached hydrogens (tertiary/aromatic N) is 1. The van der Waals surface area contributed by atoms with Crippen molar-refractivity contribution in [2.75, 3.05) is 20.6 Å². The average molecular weight is 175 g/mol. The molecule has 0 amide bonds. The van der Waals surface area contributed by atoms with Crippen molar-refractivity contribution in [2.24, 2.45) is 5.92 Å². The van der Waals surface area contributed by atoms with E-state index in [-0.39, 0.29) is 5.92 Å². The Kier molecular flexibility index (Phi) is 4.85. The first-order valence-electron chi connectivity index (χ1n) is 4.00. The molecule has 0 aromatic carbocycles. The van der Waals surface area contributed by atoms with E-state index >= 15 is 0 Å². The van der Waals surface area contributed by atoms with Crippen LogP contribution in [0.2, 0.25) is 0 Å². The minimum atomic E-state index is -1.23. The Morgan fingerprint density at radius 1 is 1.50 bits per heavy atom. The van der Waals surface area contributed by atoms with Gasteiger partial charge in [-0.15, -0.1) is 0 Å². The Balaban J connectivity index is 3.71. The van der Waals surface area contributed by atoms with Gasteiger partial charge >= 0.3 is 5.97 Å². The van der Waals surface area contributed by atoms with Gasteiger partial charge in [0.25, 0.3) is 0 Å². The summed E-state index contributed by atoms with van der Waals surface area (Å²) in [5.41, 5.74) is 0. The molecule has 12 heavy (non-hydrogen) atoms. The van der Waals surface area contributed by atoms with E-state index in [0.717, 1.165) is 6.54 Å². The standard InChI is InChI=1S/C8H17NO3/c1-6(4-5-9(2)3)7(10)8(11)12/h6-7,10H,4-5H2,1-3H3,(H,11,12). The van der Waals surface area contributed by atoms with Crippen molar-refractivity contribution in [3.8, 4) is 0 Å². The highest BCUT2D eigenvalue weighted by atomic mass is 16.4. The van der Waals surface area contributed by atoms with Crippen molar-refractivity contribution in [3.05, 3.63) is 0 Å². The number of aliphatic carboxylic acids is 1. The molecule has 2 atom stereocenters. The third kappa shape index (κ3) is 4.31. The van der Waals surface area contributed by atoms with Gasteiger partial charge in [0, 0.05) is 0 Å². The fourth-order valence-corrected chi connectivity index (χ4v) is 0.863. The highest BCUT2D eigenvalue weighted by molar-refractivity contribution is 5.72. The second-order valence-electron chi connectivity index (χ2n) is 3.35. The van der Waals surface area contributed by atoms with E-state index in [9.17, 15) is 4.79 Å². The molecule has 4 heteroatoms. The molecule has 0 radical (unpaired) electrons. The fourth-order valence-electron chi connectivity index (χ4n) is 0.863. The van der Waals surface area contributed by atoms with E-state index in [1.165, 1.54) is 0 Å². The quantitative estimate of drug-likeness (QED) is 0.618. The fraction of sp³-hybridized carbons (Fsp3) is 0.875. The van der Waals surface area contributed by atoms with E-state index in [0.29, 0.717) is 6.42 Å². The topological polar surface area (TPSA) is 60.8 Å². The molecule has 0 aliphatic heterocycles. The van der Waals surface area contributed by atoms with Crippen molar-refractivity contribution >= 4 is 5.97 Å². The lowest BCUT2D eigenvalue weighted by Gasteiger charge is -2.17. The first-order chi connectivity index (χ1) is 5.45. The molecule has 0 saturated carbocycles. The van der Waals surface area contributed by atoms with Gasteiger partial charge in [-0.05, 0) is 33.0 Å². The van der Waals surface area contributed by atoms with Gasteiger partial charge in [0.05, 0.1) is 0 Å². The molecule has 0 aliphatic rings. The molecule has 0 saturated heterocycles. The number of aliphatic hydroxyl groups excluding tert-OH is 1. The zero-order chi connectivity index (χ0) is 9.72. The summed E-state index contributed by atoms with van der Waals surface area (Å²) in [6.07, 6.45) is -0.537. The molecule has 4 nitrogen and oxygen atoms in total. The second-order valence-corrected chi connectivity index (χ2v) is 3.35. The lowest BCUT2D eigenvalue weighted by atomic mass is 10.0. The predicted octanol–water partition coefficient (Wildman–Crippen LogP) is 0.0197. The average Bonchev–Trinajstić information content (AvgIpc) is 1.98. The number of hydrogen-bond donors (Lipinski definition) is 2. The van der Waals surface area contributed by atoms with Crippen molar-refractivity contribution in [1.29, 1.82) is 0 Å². The zero-order valence-electron chi connectivity index (χ0n) is 7.82. The highest BCUT2D eigenvalue weighted by Gasteiger charge is 2.20. The van der Waals surface area contributed by atoms with Crippen LogP contribution >= 0.6 is 0 Å². The van der Waals surface area contributed by atoms with Crippen LogP contribution in [0, 0.1) is 5.92 Å². The van der Waals surface area contributed by atoms with Gasteiger partial charge < -0.3 is 15.1 Å². The van der Waals surface area contributed by atoms with E-state index in [1.807, 2.05) is 19.0 Å². The van der Waals surface area contributed by atoms with Gasteiger partial charge in [0.15, 0.2) is 6.10 Å². The van der Waals surface area contributed by atoms with Gasteiger partial charge in [0.2, 0.25) is 0 Å². The van der Waals surface area contributed by atoms with E-state index in [2.05, 4.69) is 0 Å². The summed E-state index contributed by atoms with van der Waals surface area (Å²) in [4.78, 5) is 12.3. The Morgan fingerprint density at radius 2 is 2.00 bits per heavy atom. The SMILES string of the molecule is CC(CCN(C)C)C(O)C(=O)O. The van der Waals surface area contributed by atoms with Crippen LogP contribution in [0.4, 0.5) is 0 Å². The Bertz CT molecular complexity index is 147. The lowest BCUT2D eigenvalue weighted by Crippen LogP contribution is -2.29. The van der Waals surface area contributed by atoms with Crippen LogP contribution in [-0.2, 0) is 4.79 Å². The third-order valence-corrected chi connectivity index (χ3v) is 1.82. The molecule has 0 aliphatic carbocycles. The summed E-state index contributed by atoms with van der Waals surface area (Å²) < 4.78 is 0. The maximum absolute atomic E-state index is 10.3. The van der Waals surface area contributed by atoms with E-state index in [4.69, 9.17) is 10.2 Å². The number of hydrogen-bond acceptors (Lipinski definition) is 3. The lowest BCUT2D eigenvalue weighted by molar-refractivity contribution is -0.149. The van der Waals surface area contributed by atoms with Crippen LogP contribution in [0.25, 0.3) is 0 Å². The first kappa shape index (κ1) is 11.4.